The molecule has 0 fully saturated rings. The highest BCUT2D eigenvalue weighted by atomic mass is 32.2. The van der Waals surface area contributed by atoms with E-state index in [1.807, 2.05) is 11.8 Å². The number of hydrogen-bond donors (Lipinski definition) is 0. The van der Waals surface area contributed by atoms with Gasteiger partial charge in [-0.15, -0.1) is 0 Å². The zero-order valence-corrected chi connectivity index (χ0v) is 37.0. The molecule has 8 heteroatoms. The van der Waals surface area contributed by atoms with Crippen LogP contribution in [-0.4, -0.2) is 26.9 Å². The molecule has 0 saturated carbocycles. The van der Waals surface area contributed by atoms with Crippen LogP contribution in [0.2, 0.25) is 0 Å². The third-order valence-corrected chi connectivity index (χ3v) is 17.2. The van der Waals surface area contributed by atoms with E-state index < -0.39 is 0 Å². The second-order valence-electron chi connectivity index (χ2n) is 19.2. The SMILES string of the molecule is Cc1cc(C)c(B2c3ccccc3Sc3cc4c(cc32)N2c3ccccc3B3c5ccccc5N5c6ccccc6B6c7ccccc7N7c8ccccc8B4c4c7c6c5c3c42)c(C)c1. The highest BCUT2D eigenvalue weighted by Crippen LogP contribution is 2.51. The van der Waals surface area contributed by atoms with Crippen molar-refractivity contribution in [2.24, 2.45) is 0 Å². The van der Waals surface area contributed by atoms with Crippen LogP contribution in [0.25, 0.3) is 0 Å². The molecule has 0 bridgehead atoms. The van der Waals surface area contributed by atoms with E-state index in [0.717, 1.165) is 0 Å². The molecule has 0 aliphatic carbocycles. The van der Waals surface area contributed by atoms with Gasteiger partial charge in [0.05, 0.1) is 0 Å². The Bertz CT molecular complexity index is 3670. The summed E-state index contributed by atoms with van der Waals surface area (Å²) in [4.78, 5) is 10.8. The van der Waals surface area contributed by atoms with Crippen molar-refractivity contribution in [1.82, 2.24) is 0 Å². The molecule has 9 aromatic carbocycles. The van der Waals surface area contributed by atoms with Crippen molar-refractivity contribution in [3.63, 3.8) is 0 Å². The molecule has 0 radical (unpaired) electrons. The molecule has 0 atom stereocenters. The fraction of sp³-hybridized carbons (Fsp3) is 0.0526. The number of benzene rings is 9. The maximum Gasteiger partial charge on any atom is 0.252 e. The number of anilines is 9. The molecule has 0 N–H and O–H groups in total. The van der Waals surface area contributed by atoms with Gasteiger partial charge < -0.3 is 14.7 Å². The smallest absolute Gasteiger partial charge is 0.252 e. The summed E-state index contributed by atoms with van der Waals surface area (Å²) in [6.07, 6.45) is 0. The van der Waals surface area contributed by atoms with E-state index in [1.54, 1.807) is 0 Å². The largest absolute Gasteiger partial charge is 0.312 e. The molecule has 0 aromatic heterocycles. The van der Waals surface area contributed by atoms with Gasteiger partial charge in [0.25, 0.3) is 20.1 Å². The molecule has 0 saturated heterocycles. The summed E-state index contributed by atoms with van der Waals surface area (Å²) in [6, 6.07) is 65.8. The number of fused-ring (bicyclic) bond motifs is 20. The second kappa shape index (κ2) is 12.2. The Morgan fingerprint density at radius 2 is 0.662 bits per heavy atom. The Morgan fingerprint density at radius 3 is 1.11 bits per heavy atom. The Kier molecular flexibility index (Phi) is 6.64. The summed E-state index contributed by atoms with van der Waals surface area (Å²) < 4.78 is 0. The van der Waals surface area contributed by atoms with E-state index in [0.29, 0.717) is 0 Å². The van der Waals surface area contributed by atoms with Gasteiger partial charge in [0.2, 0.25) is 6.71 Å². The number of rotatable bonds is 1. The average molecular weight is 839 g/mol. The van der Waals surface area contributed by atoms with Gasteiger partial charge in [-0.2, -0.15) is 0 Å². The molecule has 7 heterocycles. The highest BCUT2D eigenvalue weighted by molar-refractivity contribution is 8.00. The van der Waals surface area contributed by atoms with E-state index in [2.05, 4.69) is 205 Å². The summed E-state index contributed by atoms with van der Waals surface area (Å²) in [5.41, 5.74) is 32.7. The molecule has 7 aliphatic heterocycles. The van der Waals surface area contributed by atoms with E-state index in [9.17, 15) is 0 Å². The van der Waals surface area contributed by atoms with Gasteiger partial charge in [-0.3, -0.25) is 0 Å². The van der Waals surface area contributed by atoms with Gasteiger partial charge in [-0.25, -0.2) is 0 Å². The molecule has 0 spiro atoms. The Labute approximate surface area is 385 Å². The van der Waals surface area contributed by atoms with Crippen molar-refractivity contribution in [3.8, 4) is 0 Å². The molecule has 65 heavy (non-hydrogen) atoms. The zero-order chi connectivity index (χ0) is 42.6. The standard InChI is InChI=1S/C57H37B4N3S/c1-32-28-33(2)51(34(3)29-32)61-40-21-9-15-27-49(40)65-50-31-41-48(30-42(50)61)64-47-26-14-7-19-38(47)59-37-18-6-11-23-44(37)62-43-22-10-4-16-35(43)58-36-17-5-12-24-45(36)63-46-25-13-8-20-39(46)60(41)54-56(63)52(58)55(62)53(59)57(54)64/h4-31H,1-3H3. The molecule has 7 aliphatic rings. The van der Waals surface area contributed by atoms with Crippen molar-refractivity contribution in [2.45, 2.75) is 30.6 Å². The number of aryl methyl sites for hydroxylation is 3. The third kappa shape index (κ3) is 4.18. The normalized spacial score (nSPS) is 15.0. The van der Waals surface area contributed by atoms with Crippen LogP contribution in [0.1, 0.15) is 16.7 Å². The lowest BCUT2D eigenvalue weighted by Gasteiger charge is -2.55. The average Bonchev–Trinajstić information content (AvgIpc) is 3.34. The van der Waals surface area contributed by atoms with Gasteiger partial charge in [-0.05, 0) is 112 Å². The van der Waals surface area contributed by atoms with Crippen molar-refractivity contribution in [2.75, 3.05) is 14.7 Å². The van der Waals surface area contributed by atoms with Gasteiger partial charge >= 0.3 is 0 Å². The predicted octanol–water partition coefficient (Wildman–Crippen LogP) is 5.43. The zero-order valence-electron chi connectivity index (χ0n) is 36.2. The van der Waals surface area contributed by atoms with E-state index >= 15 is 0 Å². The first-order chi connectivity index (χ1) is 32.0. The molecular formula is C57H37B4N3S. The lowest BCUT2D eigenvalue weighted by Crippen LogP contribution is -2.74. The van der Waals surface area contributed by atoms with Crippen LogP contribution < -0.4 is 80.3 Å². The first-order valence-electron chi connectivity index (χ1n) is 23.2. The first kappa shape index (κ1) is 35.4. The number of hydrogen-bond acceptors (Lipinski definition) is 4. The van der Waals surface area contributed by atoms with Gasteiger partial charge in [0, 0.05) is 61.0 Å². The van der Waals surface area contributed by atoms with Crippen molar-refractivity contribution < 1.29 is 0 Å². The summed E-state index contributed by atoms with van der Waals surface area (Å²) >= 11 is 1.96. The molecule has 3 nitrogen and oxygen atoms in total. The Morgan fingerprint density at radius 1 is 0.308 bits per heavy atom. The van der Waals surface area contributed by atoms with E-state index in [-0.39, 0.29) is 26.9 Å². The molecular weight excluding hydrogens is 802 g/mol. The monoisotopic (exact) mass is 839 g/mol. The van der Waals surface area contributed by atoms with Gasteiger partial charge in [-0.1, -0.05) is 172 Å². The van der Waals surface area contributed by atoms with E-state index in [4.69, 9.17) is 0 Å². The topological polar surface area (TPSA) is 9.72 Å². The fourth-order valence-corrected chi connectivity index (χ4v) is 15.1. The maximum absolute atomic E-state index is 2.74. The summed E-state index contributed by atoms with van der Waals surface area (Å²) in [7, 11) is 0. The highest BCUT2D eigenvalue weighted by Gasteiger charge is 2.57. The lowest BCUT2D eigenvalue weighted by molar-refractivity contribution is 1.23. The minimum atomic E-state index is 0.0317. The van der Waals surface area contributed by atoms with Crippen LogP contribution in [0.15, 0.2) is 180 Å². The summed E-state index contributed by atoms with van der Waals surface area (Å²) in [5, 5.41) is 0. The Balaban J connectivity index is 1.09. The first-order valence-corrected chi connectivity index (χ1v) is 24.0. The molecule has 9 aromatic rings. The van der Waals surface area contributed by atoms with Crippen LogP contribution in [0, 0.1) is 20.8 Å². The molecule has 298 valence electrons. The van der Waals surface area contributed by atoms with Crippen LogP contribution in [0.3, 0.4) is 0 Å². The van der Waals surface area contributed by atoms with Gasteiger partial charge in [0.1, 0.15) is 0 Å². The van der Waals surface area contributed by atoms with Crippen LogP contribution >= 0.6 is 11.8 Å². The summed E-state index contributed by atoms with van der Waals surface area (Å²) in [5.74, 6) is 0. The lowest BCUT2D eigenvalue weighted by atomic mass is 9.24. The van der Waals surface area contributed by atoms with Gasteiger partial charge in [0.15, 0.2) is 0 Å². The minimum absolute atomic E-state index is 0.0317. The van der Waals surface area contributed by atoms with Crippen molar-refractivity contribution >= 4 is 155 Å². The number of para-hydroxylation sites is 5. The van der Waals surface area contributed by atoms with E-state index in [1.165, 1.54) is 143 Å². The molecule has 0 unspecified atom stereocenters. The fourth-order valence-electron chi connectivity index (χ4n) is 13.9. The maximum atomic E-state index is 2.74. The summed E-state index contributed by atoms with van der Waals surface area (Å²) in [6.45, 7) is 7.18. The number of nitrogens with zero attached hydrogens (tertiary/aromatic N) is 3. The second-order valence-corrected chi connectivity index (χ2v) is 20.3. The minimum Gasteiger partial charge on any atom is -0.312 e. The van der Waals surface area contributed by atoms with Crippen LogP contribution in [0.4, 0.5) is 51.2 Å². The molecule has 0 amide bonds. The molecule has 16 rings (SSSR count). The van der Waals surface area contributed by atoms with Crippen LogP contribution in [0.5, 0.6) is 0 Å². The van der Waals surface area contributed by atoms with Crippen LogP contribution in [-0.2, 0) is 0 Å². The quantitative estimate of drug-likeness (QED) is 0.204. The Hall–Kier alpha value is -7.01. The van der Waals surface area contributed by atoms with Crippen molar-refractivity contribution in [3.05, 3.63) is 187 Å². The van der Waals surface area contributed by atoms with Crippen molar-refractivity contribution in [1.29, 1.82) is 0 Å². The third-order valence-electron chi connectivity index (χ3n) is 16.0. The predicted molar refractivity (Wildman–Crippen MR) is 280 cm³/mol.